The van der Waals surface area contributed by atoms with Gasteiger partial charge in [-0.1, -0.05) is 18.2 Å². The zero-order valence-corrected chi connectivity index (χ0v) is 12.8. The van der Waals surface area contributed by atoms with Crippen molar-refractivity contribution >= 4 is 11.3 Å². The molecule has 3 nitrogen and oxygen atoms in total. The maximum atomic E-state index is 5.82. The van der Waals surface area contributed by atoms with Crippen molar-refractivity contribution in [2.45, 2.75) is 12.5 Å². The lowest BCUT2D eigenvalue weighted by atomic mass is 10.00. The SMILES string of the molecule is CNC(Cc1ccsc1)c1ccccc1OCCOC. The number of methoxy groups -OCH3 is 1. The van der Waals surface area contributed by atoms with Crippen molar-refractivity contribution in [3.05, 3.63) is 52.2 Å². The minimum absolute atomic E-state index is 0.253. The summed E-state index contributed by atoms with van der Waals surface area (Å²) in [4.78, 5) is 0. The number of rotatable bonds is 8. The van der Waals surface area contributed by atoms with Gasteiger partial charge in [0.05, 0.1) is 6.61 Å². The van der Waals surface area contributed by atoms with Crippen molar-refractivity contribution in [3.63, 3.8) is 0 Å². The van der Waals surface area contributed by atoms with Gasteiger partial charge in [0.2, 0.25) is 0 Å². The summed E-state index contributed by atoms with van der Waals surface area (Å²) in [6.07, 6.45) is 0.963. The molecule has 2 aromatic rings. The number of hydrogen-bond donors (Lipinski definition) is 1. The number of benzene rings is 1. The summed E-state index contributed by atoms with van der Waals surface area (Å²) in [7, 11) is 3.67. The molecule has 0 fully saturated rings. The molecule has 0 radical (unpaired) electrons. The van der Waals surface area contributed by atoms with E-state index in [-0.39, 0.29) is 6.04 Å². The van der Waals surface area contributed by atoms with Crippen molar-refractivity contribution in [1.29, 1.82) is 0 Å². The first-order valence-corrected chi connectivity index (χ1v) is 7.68. The summed E-state index contributed by atoms with van der Waals surface area (Å²) in [6.45, 7) is 1.17. The van der Waals surface area contributed by atoms with E-state index in [2.05, 4.69) is 34.3 Å². The third kappa shape index (κ3) is 4.07. The number of ether oxygens (including phenoxy) is 2. The highest BCUT2D eigenvalue weighted by atomic mass is 32.1. The van der Waals surface area contributed by atoms with Gasteiger partial charge in [0, 0.05) is 18.7 Å². The fraction of sp³-hybridized carbons (Fsp3) is 0.375. The van der Waals surface area contributed by atoms with Crippen molar-refractivity contribution in [3.8, 4) is 5.75 Å². The molecule has 4 heteroatoms. The van der Waals surface area contributed by atoms with Crippen LogP contribution in [0.2, 0.25) is 0 Å². The number of hydrogen-bond acceptors (Lipinski definition) is 4. The molecule has 1 atom stereocenters. The Kier molecular flexibility index (Phi) is 6.05. The molecule has 1 heterocycles. The Hall–Kier alpha value is -1.36. The Morgan fingerprint density at radius 1 is 1.20 bits per heavy atom. The molecule has 20 heavy (non-hydrogen) atoms. The number of nitrogens with one attached hydrogen (secondary N) is 1. The van der Waals surface area contributed by atoms with Crippen LogP contribution in [0.3, 0.4) is 0 Å². The monoisotopic (exact) mass is 291 g/mol. The summed E-state index contributed by atoms with van der Waals surface area (Å²) in [5.74, 6) is 0.930. The molecule has 108 valence electrons. The third-order valence-corrected chi connectivity index (χ3v) is 3.94. The summed E-state index contributed by atoms with van der Waals surface area (Å²) >= 11 is 1.73. The molecule has 1 unspecified atom stereocenters. The van der Waals surface area contributed by atoms with E-state index in [0.29, 0.717) is 13.2 Å². The molecule has 2 rings (SSSR count). The van der Waals surface area contributed by atoms with Gasteiger partial charge in [0.1, 0.15) is 12.4 Å². The second-order valence-electron chi connectivity index (χ2n) is 4.56. The lowest BCUT2D eigenvalue weighted by Crippen LogP contribution is -2.20. The second-order valence-corrected chi connectivity index (χ2v) is 5.34. The van der Waals surface area contributed by atoms with Gasteiger partial charge in [-0.2, -0.15) is 11.3 Å². The smallest absolute Gasteiger partial charge is 0.124 e. The van der Waals surface area contributed by atoms with Crippen LogP contribution in [0.1, 0.15) is 17.2 Å². The minimum Gasteiger partial charge on any atom is -0.491 e. The van der Waals surface area contributed by atoms with E-state index in [4.69, 9.17) is 9.47 Å². The molecule has 0 aliphatic heterocycles. The molecule has 0 saturated heterocycles. The predicted octanol–water partition coefficient (Wildman–Crippen LogP) is 3.28. The van der Waals surface area contributed by atoms with E-state index < -0.39 is 0 Å². The average Bonchev–Trinajstić information content (AvgIpc) is 2.99. The lowest BCUT2D eigenvalue weighted by molar-refractivity contribution is 0.145. The van der Waals surface area contributed by atoms with Crippen LogP contribution >= 0.6 is 11.3 Å². The van der Waals surface area contributed by atoms with E-state index >= 15 is 0 Å². The molecule has 1 aromatic carbocycles. The van der Waals surface area contributed by atoms with Gasteiger partial charge in [0.25, 0.3) is 0 Å². The quantitative estimate of drug-likeness (QED) is 0.757. The van der Waals surface area contributed by atoms with Gasteiger partial charge >= 0.3 is 0 Å². The summed E-state index contributed by atoms with van der Waals surface area (Å²) in [6, 6.07) is 10.6. The van der Waals surface area contributed by atoms with Gasteiger partial charge < -0.3 is 14.8 Å². The Morgan fingerprint density at radius 3 is 2.75 bits per heavy atom. The predicted molar refractivity (Wildman–Crippen MR) is 83.6 cm³/mol. The van der Waals surface area contributed by atoms with Gasteiger partial charge in [-0.25, -0.2) is 0 Å². The van der Waals surface area contributed by atoms with Gasteiger partial charge in [-0.3, -0.25) is 0 Å². The van der Waals surface area contributed by atoms with Crippen LogP contribution in [-0.4, -0.2) is 27.4 Å². The fourth-order valence-corrected chi connectivity index (χ4v) is 2.83. The van der Waals surface area contributed by atoms with Gasteiger partial charge in [0.15, 0.2) is 0 Å². The van der Waals surface area contributed by atoms with Crippen LogP contribution in [0.15, 0.2) is 41.1 Å². The van der Waals surface area contributed by atoms with Gasteiger partial charge in [-0.15, -0.1) is 0 Å². The van der Waals surface area contributed by atoms with Gasteiger partial charge in [-0.05, 0) is 41.9 Å². The highest BCUT2D eigenvalue weighted by Crippen LogP contribution is 2.28. The van der Waals surface area contributed by atoms with Crippen molar-refractivity contribution in [1.82, 2.24) is 5.32 Å². The first kappa shape index (κ1) is 15.0. The lowest BCUT2D eigenvalue weighted by Gasteiger charge is -2.20. The molecule has 0 bridgehead atoms. The fourth-order valence-electron chi connectivity index (χ4n) is 2.15. The topological polar surface area (TPSA) is 30.5 Å². The molecule has 1 aromatic heterocycles. The summed E-state index contributed by atoms with van der Waals surface area (Å²) in [5, 5.41) is 7.69. The summed E-state index contributed by atoms with van der Waals surface area (Å²) < 4.78 is 10.9. The van der Waals surface area contributed by atoms with E-state index in [1.54, 1.807) is 18.4 Å². The molecule has 0 amide bonds. The molecule has 0 spiro atoms. The maximum Gasteiger partial charge on any atom is 0.124 e. The van der Waals surface area contributed by atoms with Crippen LogP contribution in [0.25, 0.3) is 0 Å². The van der Waals surface area contributed by atoms with Crippen LogP contribution in [0, 0.1) is 0 Å². The van der Waals surface area contributed by atoms with Crippen LogP contribution in [0.5, 0.6) is 5.75 Å². The number of para-hydroxylation sites is 1. The Bertz CT molecular complexity index is 499. The van der Waals surface area contributed by atoms with E-state index in [0.717, 1.165) is 12.2 Å². The molecule has 0 saturated carbocycles. The maximum absolute atomic E-state index is 5.82. The zero-order valence-electron chi connectivity index (χ0n) is 12.0. The summed E-state index contributed by atoms with van der Waals surface area (Å²) in [5.41, 5.74) is 2.54. The third-order valence-electron chi connectivity index (χ3n) is 3.21. The van der Waals surface area contributed by atoms with E-state index in [1.165, 1.54) is 11.1 Å². The number of thiophene rings is 1. The standard InChI is InChI=1S/C16H21NO2S/c1-17-15(11-13-7-10-20-12-13)14-5-3-4-6-16(14)19-9-8-18-2/h3-7,10,12,15,17H,8-9,11H2,1-2H3. The van der Waals surface area contributed by atoms with E-state index in [9.17, 15) is 0 Å². The number of likely N-dealkylation sites (N-methyl/N-ethyl adjacent to an activating group) is 1. The molecule has 0 aliphatic rings. The zero-order chi connectivity index (χ0) is 14.2. The largest absolute Gasteiger partial charge is 0.491 e. The Balaban J connectivity index is 2.11. The van der Waals surface area contributed by atoms with Crippen molar-refractivity contribution in [2.75, 3.05) is 27.4 Å². The molecule has 0 aliphatic carbocycles. The first-order valence-electron chi connectivity index (χ1n) is 6.74. The molecular weight excluding hydrogens is 270 g/mol. The first-order chi connectivity index (χ1) is 9.85. The van der Waals surface area contributed by atoms with E-state index in [1.807, 2.05) is 19.2 Å². The van der Waals surface area contributed by atoms with Crippen LogP contribution < -0.4 is 10.1 Å². The Morgan fingerprint density at radius 2 is 2.05 bits per heavy atom. The normalized spacial score (nSPS) is 12.3. The van der Waals surface area contributed by atoms with Crippen LogP contribution in [0.4, 0.5) is 0 Å². The van der Waals surface area contributed by atoms with Crippen molar-refractivity contribution in [2.24, 2.45) is 0 Å². The second kappa shape index (κ2) is 8.04. The van der Waals surface area contributed by atoms with Crippen molar-refractivity contribution < 1.29 is 9.47 Å². The average molecular weight is 291 g/mol. The molecular formula is C16H21NO2S. The van der Waals surface area contributed by atoms with Crippen LogP contribution in [-0.2, 0) is 11.2 Å². The highest BCUT2D eigenvalue weighted by molar-refractivity contribution is 7.07. The Labute approximate surface area is 124 Å². The minimum atomic E-state index is 0.253. The highest BCUT2D eigenvalue weighted by Gasteiger charge is 2.15. The molecule has 1 N–H and O–H groups in total.